The molecule has 0 spiro atoms. The van der Waals surface area contributed by atoms with Gasteiger partial charge in [0.15, 0.2) is 0 Å². The van der Waals surface area contributed by atoms with E-state index < -0.39 is 0 Å². The van der Waals surface area contributed by atoms with E-state index in [0.29, 0.717) is 11.3 Å². The molecule has 108 valence electrons. The van der Waals surface area contributed by atoms with Crippen molar-refractivity contribution in [3.8, 4) is 0 Å². The van der Waals surface area contributed by atoms with Crippen molar-refractivity contribution in [3.63, 3.8) is 0 Å². The monoisotopic (exact) mass is 252 g/mol. The van der Waals surface area contributed by atoms with Gasteiger partial charge in [0.1, 0.15) is 0 Å². The molecular weight excluding hydrogens is 216 g/mol. The van der Waals surface area contributed by atoms with Gasteiger partial charge in [0.2, 0.25) is 0 Å². The molecule has 0 aromatic carbocycles. The third-order valence-corrected chi connectivity index (χ3v) is 6.73. The lowest BCUT2D eigenvalue weighted by Crippen LogP contribution is -2.49. The Hall–Kier alpha value is -0.260. The van der Waals surface area contributed by atoms with Gasteiger partial charge in [-0.2, -0.15) is 0 Å². The Morgan fingerprint density at radius 1 is 0.889 bits per heavy atom. The highest BCUT2D eigenvalue weighted by atomic mass is 14.5. The molecule has 0 radical (unpaired) electrons. The lowest BCUT2D eigenvalue weighted by molar-refractivity contribution is -0.0481. The standard InChI is InChI=1S/C18H36/c1-12-14(4)16(6,7)18(10,11)17(8,9)15(5)13(2)3/h12-13,15H,1-11H3. The second-order valence-electron chi connectivity index (χ2n) is 7.98. The summed E-state index contributed by atoms with van der Waals surface area (Å²) < 4.78 is 0. The largest absolute Gasteiger partial charge is 0.0882 e. The van der Waals surface area contributed by atoms with Gasteiger partial charge in [-0.25, -0.2) is 0 Å². The maximum atomic E-state index is 2.45. The summed E-state index contributed by atoms with van der Waals surface area (Å²) in [7, 11) is 0. The second kappa shape index (κ2) is 5.39. The van der Waals surface area contributed by atoms with Crippen LogP contribution in [0.4, 0.5) is 0 Å². The first-order valence-corrected chi connectivity index (χ1v) is 7.47. The van der Waals surface area contributed by atoms with Crippen LogP contribution in [-0.4, -0.2) is 0 Å². The maximum absolute atomic E-state index is 2.45. The van der Waals surface area contributed by atoms with Crippen molar-refractivity contribution in [2.24, 2.45) is 28.1 Å². The van der Waals surface area contributed by atoms with Gasteiger partial charge in [0.05, 0.1) is 0 Å². The van der Waals surface area contributed by atoms with Crippen LogP contribution in [0.5, 0.6) is 0 Å². The summed E-state index contributed by atoms with van der Waals surface area (Å²) in [6.07, 6.45) is 2.28. The number of hydrogen-bond acceptors (Lipinski definition) is 0. The molecule has 0 aromatic rings. The summed E-state index contributed by atoms with van der Waals surface area (Å²) in [6.45, 7) is 26.1. The quantitative estimate of drug-likeness (QED) is 0.502. The molecule has 0 N–H and O–H groups in total. The van der Waals surface area contributed by atoms with Gasteiger partial charge in [-0.1, -0.05) is 74.0 Å². The van der Waals surface area contributed by atoms with Crippen molar-refractivity contribution in [2.75, 3.05) is 0 Å². The van der Waals surface area contributed by atoms with Crippen LogP contribution in [0, 0.1) is 28.1 Å². The van der Waals surface area contributed by atoms with E-state index in [9.17, 15) is 0 Å². The van der Waals surface area contributed by atoms with Gasteiger partial charge in [-0.3, -0.25) is 0 Å². The first-order valence-electron chi connectivity index (χ1n) is 7.47. The Morgan fingerprint density at radius 2 is 1.28 bits per heavy atom. The minimum Gasteiger partial charge on any atom is -0.0882 e. The van der Waals surface area contributed by atoms with E-state index in [1.165, 1.54) is 5.57 Å². The first kappa shape index (κ1) is 17.7. The van der Waals surface area contributed by atoms with Crippen molar-refractivity contribution in [1.29, 1.82) is 0 Å². The van der Waals surface area contributed by atoms with Gasteiger partial charge in [-0.05, 0) is 41.9 Å². The van der Waals surface area contributed by atoms with Crippen molar-refractivity contribution >= 4 is 0 Å². The number of allylic oxidation sites excluding steroid dienone is 2. The maximum Gasteiger partial charge on any atom is -0.00912 e. The van der Waals surface area contributed by atoms with Crippen LogP contribution in [0.1, 0.15) is 76.2 Å². The van der Waals surface area contributed by atoms with Crippen molar-refractivity contribution in [2.45, 2.75) is 76.2 Å². The summed E-state index contributed by atoms with van der Waals surface area (Å²) in [5, 5.41) is 0. The van der Waals surface area contributed by atoms with Gasteiger partial charge in [-0.15, -0.1) is 0 Å². The second-order valence-corrected chi connectivity index (χ2v) is 7.98. The van der Waals surface area contributed by atoms with Crippen LogP contribution in [0.15, 0.2) is 11.6 Å². The van der Waals surface area contributed by atoms with Crippen LogP contribution in [0.3, 0.4) is 0 Å². The van der Waals surface area contributed by atoms with E-state index in [2.05, 4.69) is 82.2 Å². The van der Waals surface area contributed by atoms with E-state index >= 15 is 0 Å². The van der Waals surface area contributed by atoms with Gasteiger partial charge in [0.25, 0.3) is 0 Å². The minimum absolute atomic E-state index is 0.217. The fourth-order valence-corrected chi connectivity index (χ4v) is 3.06. The minimum atomic E-state index is 0.217. The molecule has 1 unspecified atom stereocenters. The molecule has 0 saturated heterocycles. The highest BCUT2D eigenvalue weighted by molar-refractivity contribution is 5.16. The summed E-state index contributed by atoms with van der Waals surface area (Å²) in [6, 6.07) is 0. The Bertz CT molecular complexity index is 300. The molecule has 0 bridgehead atoms. The summed E-state index contributed by atoms with van der Waals surface area (Å²) >= 11 is 0. The van der Waals surface area contributed by atoms with Crippen LogP contribution in [0.2, 0.25) is 0 Å². The molecule has 18 heavy (non-hydrogen) atoms. The first-order chi connectivity index (χ1) is 7.84. The van der Waals surface area contributed by atoms with E-state index in [0.717, 1.165) is 5.92 Å². The smallest absolute Gasteiger partial charge is 0.00912 e. The normalized spacial score (nSPS) is 17.2. The van der Waals surface area contributed by atoms with Crippen LogP contribution in [0.25, 0.3) is 0 Å². The molecule has 0 heteroatoms. The zero-order valence-electron chi connectivity index (χ0n) is 14.7. The molecule has 0 aliphatic heterocycles. The van der Waals surface area contributed by atoms with Crippen molar-refractivity contribution in [1.82, 2.24) is 0 Å². The molecule has 0 nitrogen and oxygen atoms in total. The lowest BCUT2D eigenvalue weighted by atomic mass is 9.48. The molecule has 0 heterocycles. The highest BCUT2D eigenvalue weighted by Crippen LogP contribution is 2.58. The predicted molar refractivity (Wildman–Crippen MR) is 84.8 cm³/mol. The molecule has 0 saturated carbocycles. The molecule has 0 fully saturated rings. The van der Waals surface area contributed by atoms with Crippen LogP contribution < -0.4 is 0 Å². The molecule has 0 aliphatic rings. The van der Waals surface area contributed by atoms with Gasteiger partial charge >= 0.3 is 0 Å². The third kappa shape index (κ3) is 2.68. The number of hydrogen-bond donors (Lipinski definition) is 0. The molecule has 0 aliphatic carbocycles. The molecule has 0 amide bonds. The van der Waals surface area contributed by atoms with Crippen LogP contribution >= 0.6 is 0 Å². The molecular formula is C18H36. The van der Waals surface area contributed by atoms with E-state index in [1.807, 2.05) is 0 Å². The average molecular weight is 252 g/mol. The molecule has 0 aromatic heterocycles. The third-order valence-electron chi connectivity index (χ3n) is 6.73. The van der Waals surface area contributed by atoms with Gasteiger partial charge in [0, 0.05) is 0 Å². The topological polar surface area (TPSA) is 0 Å². The summed E-state index contributed by atoms with van der Waals surface area (Å²) in [5.74, 6) is 1.43. The van der Waals surface area contributed by atoms with Crippen LogP contribution in [-0.2, 0) is 0 Å². The zero-order valence-corrected chi connectivity index (χ0v) is 14.7. The van der Waals surface area contributed by atoms with Crippen molar-refractivity contribution in [3.05, 3.63) is 11.6 Å². The fourth-order valence-electron chi connectivity index (χ4n) is 3.06. The predicted octanol–water partition coefficient (Wildman–Crippen LogP) is 6.32. The lowest BCUT2D eigenvalue weighted by Gasteiger charge is -2.56. The Balaban J connectivity index is 5.63. The highest BCUT2D eigenvalue weighted by Gasteiger charge is 2.50. The summed E-state index contributed by atoms with van der Waals surface area (Å²) in [4.78, 5) is 0. The Kier molecular flexibility index (Phi) is 5.31. The molecule has 0 rings (SSSR count). The Morgan fingerprint density at radius 3 is 1.56 bits per heavy atom. The van der Waals surface area contributed by atoms with E-state index in [4.69, 9.17) is 0 Å². The molecule has 1 atom stereocenters. The zero-order chi connectivity index (χ0) is 14.9. The van der Waals surface area contributed by atoms with Gasteiger partial charge < -0.3 is 0 Å². The number of rotatable bonds is 5. The van der Waals surface area contributed by atoms with Crippen molar-refractivity contribution < 1.29 is 0 Å². The van der Waals surface area contributed by atoms with E-state index in [1.54, 1.807) is 0 Å². The summed E-state index contributed by atoms with van der Waals surface area (Å²) in [5.41, 5.74) is 2.26. The average Bonchev–Trinajstić information content (AvgIpc) is 2.25. The fraction of sp³-hybridized carbons (Fsp3) is 0.889. The van der Waals surface area contributed by atoms with E-state index in [-0.39, 0.29) is 10.8 Å². The SMILES string of the molecule is CC=C(C)C(C)(C)C(C)(C)C(C)(C)C(C)C(C)C. The Labute approximate surface area is 116 Å².